The lowest BCUT2D eigenvalue weighted by atomic mass is 9.87. The number of alkyl halides is 3. The van der Waals surface area contributed by atoms with Gasteiger partial charge in [-0.2, -0.15) is 13.2 Å². The highest BCUT2D eigenvalue weighted by molar-refractivity contribution is 5.81. The molecular weight excluding hydrogens is 501 g/mol. The number of hydrogen-bond acceptors (Lipinski definition) is 6. The molecule has 0 aliphatic heterocycles. The van der Waals surface area contributed by atoms with Crippen molar-refractivity contribution < 1.29 is 36.9 Å². The fraction of sp³-hybridized carbons (Fsp3) is 0.750. The van der Waals surface area contributed by atoms with Gasteiger partial charge in [0.1, 0.15) is 0 Å². The van der Waals surface area contributed by atoms with E-state index in [1.54, 1.807) is 32.4 Å². The van der Waals surface area contributed by atoms with Gasteiger partial charge < -0.3 is 24.3 Å². The third kappa shape index (κ3) is 16.7. The van der Waals surface area contributed by atoms with Crippen molar-refractivity contribution in [2.45, 2.75) is 86.2 Å². The Hall–Kier alpha value is -2.04. The van der Waals surface area contributed by atoms with E-state index in [2.05, 4.69) is 26.1 Å². The minimum absolute atomic E-state index is 0.0788. The molecule has 0 aromatic heterocycles. The second-order valence-corrected chi connectivity index (χ2v) is 9.36. The second-order valence-electron chi connectivity index (χ2n) is 9.36. The summed E-state index contributed by atoms with van der Waals surface area (Å²) in [6.45, 7) is 14.5. The van der Waals surface area contributed by atoms with E-state index in [0.717, 1.165) is 5.56 Å². The third-order valence-electron chi connectivity index (χ3n) is 5.19. The Labute approximate surface area is 228 Å². The zero-order chi connectivity index (χ0) is 29.9. The lowest BCUT2D eigenvalue weighted by Gasteiger charge is -2.33. The molecule has 1 unspecified atom stereocenters. The summed E-state index contributed by atoms with van der Waals surface area (Å²) in [4.78, 5) is 14.9. The molecule has 38 heavy (non-hydrogen) atoms. The van der Waals surface area contributed by atoms with Crippen molar-refractivity contribution in [2.24, 2.45) is 5.41 Å². The van der Waals surface area contributed by atoms with Gasteiger partial charge in [0.05, 0.1) is 26.2 Å². The zero-order valence-electron chi connectivity index (χ0n) is 25.3. The zero-order valence-corrected chi connectivity index (χ0v) is 25.3. The van der Waals surface area contributed by atoms with Gasteiger partial charge in [0.25, 0.3) is 0 Å². The quantitative estimate of drug-likeness (QED) is 0.282. The van der Waals surface area contributed by atoms with Crippen molar-refractivity contribution in [3.63, 3.8) is 0 Å². The van der Waals surface area contributed by atoms with Gasteiger partial charge in [-0.1, -0.05) is 54.5 Å². The number of ether oxygens (including phenoxy) is 4. The molecule has 0 aliphatic rings. The molecule has 7 nitrogen and oxygen atoms in total. The highest BCUT2D eigenvalue weighted by Crippen LogP contribution is 2.29. The molecule has 1 rings (SSSR count). The van der Waals surface area contributed by atoms with Crippen molar-refractivity contribution >= 4 is 5.91 Å². The summed E-state index contributed by atoms with van der Waals surface area (Å²) in [7, 11) is 6.39. The van der Waals surface area contributed by atoms with Crippen LogP contribution in [0, 0.1) is 5.41 Å². The van der Waals surface area contributed by atoms with Crippen LogP contribution in [-0.4, -0.2) is 77.4 Å². The minimum atomic E-state index is -4.29. The minimum Gasteiger partial charge on any atom is -0.493 e. The second kappa shape index (κ2) is 19.9. The van der Waals surface area contributed by atoms with Crippen LogP contribution in [0.1, 0.15) is 66.9 Å². The lowest BCUT2D eigenvalue weighted by Crippen LogP contribution is -2.49. The van der Waals surface area contributed by atoms with Crippen LogP contribution in [0.2, 0.25) is 0 Å². The first kappa shape index (κ1) is 38.1. The number of hydrogen-bond donors (Lipinski definition) is 1. The van der Waals surface area contributed by atoms with Crippen molar-refractivity contribution in [2.75, 3.05) is 48.1 Å². The average molecular weight is 553 g/mol. The molecule has 0 saturated heterocycles. The van der Waals surface area contributed by atoms with Gasteiger partial charge in [-0.3, -0.25) is 9.69 Å². The first-order chi connectivity index (χ1) is 17.8. The summed E-state index contributed by atoms with van der Waals surface area (Å²) < 4.78 is 58.3. The van der Waals surface area contributed by atoms with Crippen LogP contribution < -0.4 is 14.8 Å². The largest absolute Gasteiger partial charge is 0.493 e. The summed E-state index contributed by atoms with van der Waals surface area (Å²) >= 11 is 0. The Kier molecular flexibility index (Phi) is 20.0. The van der Waals surface area contributed by atoms with Gasteiger partial charge >= 0.3 is 6.18 Å². The maximum absolute atomic E-state index is 13.0. The van der Waals surface area contributed by atoms with E-state index >= 15 is 0 Å². The molecular formula is C28H51F3N2O5. The smallest absolute Gasteiger partial charge is 0.392 e. The van der Waals surface area contributed by atoms with Crippen LogP contribution in [0.25, 0.3) is 0 Å². The lowest BCUT2D eigenvalue weighted by molar-refractivity contribution is -0.139. The Morgan fingerprint density at radius 2 is 1.58 bits per heavy atom. The molecule has 0 spiro atoms. The van der Waals surface area contributed by atoms with E-state index in [0.29, 0.717) is 31.7 Å². The number of likely N-dealkylation sites (N-methyl/N-ethyl adjacent to an activating group) is 1. The first-order valence-corrected chi connectivity index (χ1v) is 13.2. The van der Waals surface area contributed by atoms with E-state index in [9.17, 15) is 18.0 Å². The van der Waals surface area contributed by atoms with E-state index in [4.69, 9.17) is 18.9 Å². The molecule has 0 bridgehead atoms. The van der Waals surface area contributed by atoms with Crippen molar-refractivity contribution in [1.29, 1.82) is 0 Å². The predicted octanol–water partition coefficient (Wildman–Crippen LogP) is 6.09. The number of halogens is 3. The molecule has 1 atom stereocenters. The van der Waals surface area contributed by atoms with Crippen LogP contribution in [0.4, 0.5) is 13.2 Å². The van der Waals surface area contributed by atoms with Crippen LogP contribution in [0.3, 0.4) is 0 Å². The van der Waals surface area contributed by atoms with Gasteiger partial charge in [0, 0.05) is 27.3 Å². The molecule has 0 saturated carbocycles. The van der Waals surface area contributed by atoms with E-state index in [1.165, 1.54) is 7.11 Å². The van der Waals surface area contributed by atoms with E-state index < -0.39 is 25.5 Å². The fourth-order valence-electron chi connectivity index (χ4n) is 3.35. The van der Waals surface area contributed by atoms with E-state index in [-0.39, 0.29) is 23.1 Å². The molecule has 1 aromatic carbocycles. The average Bonchev–Trinajstić information content (AvgIpc) is 2.87. The molecule has 1 amide bonds. The standard InChI is InChI=1S/C24H39F3N2O5.2C2H6/c1-23(2,3)15-18(29(4)16-21(32-6)33-7)22(30)28-12-10-17-8-9-19(31-5)20(14-17)34-13-11-24(25,26)27;2*1-2/h8-9,14,18,21H,10-13,15-16H2,1-7H3,(H,28,30);2*1-2H3. The maximum Gasteiger partial charge on any atom is 0.392 e. The predicted molar refractivity (Wildman–Crippen MR) is 147 cm³/mol. The highest BCUT2D eigenvalue weighted by Gasteiger charge is 2.30. The Morgan fingerprint density at radius 3 is 2.05 bits per heavy atom. The number of carbonyl (C=O) groups is 1. The number of nitrogens with zero attached hydrogens (tertiary/aromatic N) is 1. The molecule has 224 valence electrons. The Bertz CT molecular complexity index is 751. The van der Waals surface area contributed by atoms with Crippen LogP contribution in [0.15, 0.2) is 18.2 Å². The van der Waals surface area contributed by atoms with Gasteiger partial charge in [-0.15, -0.1) is 0 Å². The number of methoxy groups -OCH3 is 3. The number of rotatable bonds is 14. The normalized spacial score (nSPS) is 12.2. The molecule has 1 aromatic rings. The molecule has 0 fully saturated rings. The van der Waals surface area contributed by atoms with Gasteiger partial charge in [-0.25, -0.2) is 0 Å². The van der Waals surface area contributed by atoms with Gasteiger partial charge in [0.2, 0.25) is 5.91 Å². The topological polar surface area (TPSA) is 69.3 Å². The van der Waals surface area contributed by atoms with Gasteiger partial charge in [0.15, 0.2) is 17.8 Å². The van der Waals surface area contributed by atoms with Crippen LogP contribution in [-0.2, 0) is 20.7 Å². The molecule has 10 heteroatoms. The van der Waals surface area contributed by atoms with Crippen LogP contribution >= 0.6 is 0 Å². The summed E-state index contributed by atoms with van der Waals surface area (Å²) in [6, 6.07) is 4.69. The Morgan fingerprint density at radius 1 is 1.00 bits per heavy atom. The molecule has 1 N–H and O–H groups in total. The molecule has 0 heterocycles. The summed E-state index contributed by atoms with van der Waals surface area (Å²) in [5.74, 6) is 0.484. The molecule has 0 radical (unpaired) electrons. The van der Waals surface area contributed by atoms with Gasteiger partial charge in [-0.05, 0) is 43.0 Å². The number of carbonyl (C=O) groups excluding carboxylic acids is 1. The van der Waals surface area contributed by atoms with Crippen LogP contribution in [0.5, 0.6) is 11.5 Å². The van der Waals surface area contributed by atoms with Crippen molar-refractivity contribution in [3.05, 3.63) is 23.8 Å². The highest BCUT2D eigenvalue weighted by atomic mass is 19.4. The summed E-state index contributed by atoms with van der Waals surface area (Å²) in [5, 5.41) is 2.97. The number of nitrogens with one attached hydrogen (secondary N) is 1. The Balaban J connectivity index is 0. The monoisotopic (exact) mass is 552 g/mol. The third-order valence-corrected chi connectivity index (χ3v) is 5.19. The van der Waals surface area contributed by atoms with Crippen molar-refractivity contribution in [1.82, 2.24) is 10.2 Å². The number of amides is 1. The summed E-state index contributed by atoms with van der Waals surface area (Å²) in [5.41, 5.74) is 0.729. The SMILES string of the molecule is CC.CC.COc1ccc(CCNC(=O)C(CC(C)(C)C)N(C)CC(OC)OC)cc1OCCC(F)(F)F. The first-order valence-electron chi connectivity index (χ1n) is 13.2. The summed E-state index contributed by atoms with van der Waals surface area (Å²) in [6.07, 6.45) is -4.68. The van der Waals surface area contributed by atoms with Crippen molar-refractivity contribution in [3.8, 4) is 11.5 Å². The fourth-order valence-corrected chi connectivity index (χ4v) is 3.35. The molecule has 0 aliphatic carbocycles. The van der Waals surface area contributed by atoms with E-state index in [1.807, 2.05) is 39.6 Å². The maximum atomic E-state index is 13.0. The number of benzene rings is 1.